The van der Waals surface area contributed by atoms with E-state index in [0.29, 0.717) is 5.92 Å². The molecule has 0 aromatic heterocycles. The van der Waals surface area contributed by atoms with Crippen molar-refractivity contribution in [2.75, 3.05) is 6.54 Å². The van der Waals surface area contributed by atoms with E-state index in [4.69, 9.17) is 0 Å². The van der Waals surface area contributed by atoms with E-state index in [1.807, 2.05) is 0 Å². The van der Waals surface area contributed by atoms with Crippen molar-refractivity contribution in [3.63, 3.8) is 0 Å². The summed E-state index contributed by atoms with van der Waals surface area (Å²) in [4.78, 5) is 0. The lowest BCUT2D eigenvalue weighted by Gasteiger charge is -2.11. The second kappa shape index (κ2) is 6.20. The molecule has 1 saturated carbocycles. The van der Waals surface area contributed by atoms with Gasteiger partial charge in [-0.2, -0.15) is 0 Å². The zero-order chi connectivity index (χ0) is 12.1. The third-order valence-corrected chi connectivity index (χ3v) is 3.88. The Balaban J connectivity index is 1.74. The maximum Gasteiger partial charge on any atom is 0.0205 e. The molecule has 0 unspecified atom stereocenters. The molecule has 0 bridgehead atoms. The lowest BCUT2D eigenvalue weighted by atomic mass is 10.0. The van der Waals surface area contributed by atoms with Crippen molar-refractivity contribution in [2.24, 2.45) is 5.92 Å². The Bertz CT molecular complexity index is 320. The molecular formula is C16H25N. The van der Waals surface area contributed by atoms with Crippen molar-refractivity contribution >= 4 is 0 Å². The Kier molecular flexibility index (Phi) is 4.61. The molecule has 1 nitrogen and oxygen atoms in total. The molecule has 0 atom stereocenters. The molecule has 0 spiro atoms. The molecule has 1 heteroatoms. The molecule has 94 valence electrons. The highest BCUT2D eigenvalue weighted by Gasteiger charge is 2.13. The van der Waals surface area contributed by atoms with E-state index in [0.717, 1.165) is 12.5 Å². The van der Waals surface area contributed by atoms with Crippen LogP contribution in [0.4, 0.5) is 0 Å². The first-order valence-electron chi connectivity index (χ1n) is 7.05. The van der Waals surface area contributed by atoms with Gasteiger partial charge in [-0.15, -0.1) is 0 Å². The smallest absolute Gasteiger partial charge is 0.0205 e. The van der Waals surface area contributed by atoms with Crippen LogP contribution in [-0.2, 0) is 6.54 Å². The zero-order valence-corrected chi connectivity index (χ0v) is 11.2. The summed E-state index contributed by atoms with van der Waals surface area (Å²) in [5.74, 6) is 1.57. The van der Waals surface area contributed by atoms with Crippen LogP contribution in [-0.4, -0.2) is 6.54 Å². The summed E-state index contributed by atoms with van der Waals surface area (Å²) in [5.41, 5.74) is 2.84. The zero-order valence-electron chi connectivity index (χ0n) is 11.2. The van der Waals surface area contributed by atoms with Gasteiger partial charge in [-0.05, 0) is 42.3 Å². The monoisotopic (exact) mass is 231 g/mol. The SMILES string of the molecule is CC(C)c1ccc(CNCC2CCCC2)cc1. The fourth-order valence-electron chi connectivity index (χ4n) is 2.66. The van der Waals surface area contributed by atoms with Crippen LogP contribution in [0.25, 0.3) is 0 Å². The molecule has 17 heavy (non-hydrogen) atoms. The number of nitrogens with one attached hydrogen (secondary N) is 1. The normalized spacial score (nSPS) is 16.9. The van der Waals surface area contributed by atoms with Gasteiger partial charge >= 0.3 is 0 Å². The van der Waals surface area contributed by atoms with E-state index in [1.54, 1.807) is 0 Å². The molecule has 0 radical (unpaired) electrons. The standard InChI is InChI=1S/C16H25N/c1-13(2)16-9-7-15(8-10-16)12-17-11-14-5-3-4-6-14/h7-10,13-14,17H,3-6,11-12H2,1-2H3. The summed E-state index contributed by atoms with van der Waals surface area (Å²) in [6.45, 7) is 6.71. The minimum Gasteiger partial charge on any atom is -0.312 e. The maximum absolute atomic E-state index is 3.59. The van der Waals surface area contributed by atoms with E-state index >= 15 is 0 Å². The number of benzene rings is 1. The lowest BCUT2D eigenvalue weighted by Crippen LogP contribution is -2.20. The van der Waals surface area contributed by atoms with Gasteiger partial charge in [-0.1, -0.05) is 51.0 Å². The molecule has 1 aromatic carbocycles. The van der Waals surface area contributed by atoms with E-state index in [9.17, 15) is 0 Å². The molecule has 1 N–H and O–H groups in total. The fraction of sp³-hybridized carbons (Fsp3) is 0.625. The predicted molar refractivity (Wildman–Crippen MR) is 74.2 cm³/mol. The van der Waals surface area contributed by atoms with Gasteiger partial charge < -0.3 is 5.32 Å². The van der Waals surface area contributed by atoms with Crippen LogP contribution in [0, 0.1) is 5.92 Å². The first-order valence-corrected chi connectivity index (χ1v) is 7.05. The minimum atomic E-state index is 0.635. The Morgan fingerprint density at radius 2 is 1.76 bits per heavy atom. The molecule has 2 rings (SSSR count). The van der Waals surface area contributed by atoms with Gasteiger partial charge in [-0.25, -0.2) is 0 Å². The van der Waals surface area contributed by atoms with Crippen molar-refractivity contribution in [2.45, 2.75) is 52.0 Å². The third-order valence-electron chi connectivity index (χ3n) is 3.88. The van der Waals surface area contributed by atoms with Gasteiger partial charge in [0.1, 0.15) is 0 Å². The van der Waals surface area contributed by atoms with Gasteiger partial charge in [0.15, 0.2) is 0 Å². The van der Waals surface area contributed by atoms with Crippen molar-refractivity contribution in [3.8, 4) is 0 Å². The van der Waals surface area contributed by atoms with Crippen LogP contribution in [0.15, 0.2) is 24.3 Å². The van der Waals surface area contributed by atoms with Crippen LogP contribution in [0.1, 0.15) is 56.6 Å². The summed E-state index contributed by atoms with van der Waals surface area (Å²) in [6, 6.07) is 9.04. The van der Waals surface area contributed by atoms with Gasteiger partial charge in [0.05, 0.1) is 0 Å². The molecule has 0 aliphatic heterocycles. The third kappa shape index (κ3) is 3.85. The van der Waals surface area contributed by atoms with E-state index in [-0.39, 0.29) is 0 Å². The highest BCUT2D eigenvalue weighted by atomic mass is 14.9. The highest BCUT2D eigenvalue weighted by Crippen LogP contribution is 2.23. The topological polar surface area (TPSA) is 12.0 Å². The summed E-state index contributed by atoms with van der Waals surface area (Å²) >= 11 is 0. The second-order valence-electron chi connectivity index (χ2n) is 5.68. The van der Waals surface area contributed by atoms with E-state index in [1.165, 1.54) is 43.4 Å². The molecule has 0 saturated heterocycles. The van der Waals surface area contributed by atoms with Crippen LogP contribution < -0.4 is 5.32 Å². The first kappa shape index (κ1) is 12.6. The van der Waals surface area contributed by atoms with Crippen molar-refractivity contribution in [1.82, 2.24) is 5.32 Å². The first-order chi connectivity index (χ1) is 8.25. The number of hydrogen-bond donors (Lipinski definition) is 1. The van der Waals surface area contributed by atoms with Gasteiger partial charge in [-0.3, -0.25) is 0 Å². The molecule has 1 aliphatic rings. The van der Waals surface area contributed by atoms with Gasteiger partial charge in [0, 0.05) is 6.54 Å². The average molecular weight is 231 g/mol. The Morgan fingerprint density at radius 3 is 2.35 bits per heavy atom. The van der Waals surface area contributed by atoms with Gasteiger partial charge in [0.2, 0.25) is 0 Å². The van der Waals surface area contributed by atoms with Crippen molar-refractivity contribution in [1.29, 1.82) is 0 Å². The lowest BCUT2D eigenvalue weighted by molar-refractivity contribution is 0.489. The quantitative estimate of drug-likeness (QED) is 0.805. The molecule has 1 aromatic rings. The Hall–Kier alpha value is -0.820. The van der Waals surface area contributed by atoms with E-state index < -0.39 is 0 Å². The largest absolute Gasteiger partial charge is 0.312 e. The summed E-state index contributed by atoms with van der Waals surface area (Å²) in [5, 5.41) is 3.59. The fourth-order valence-corrected chi connectivity index (χ4v) is 2.66. The molecular weight excluding hydrogens is 206 g/mol. The molecule has 0 amide bonds. The van der Waals surface area contributed by atoms with Crippen molar-refractivity contribution in [3.05, 3.63) is 35.4 Å². The minimum absolute atomic E-state index is 0.635. The second-order valence-corrected chi connectivity index (χ2v) is 5.68. The van der Waals surface area contributed by atoms with Crippen LogP contribution >= 0.6 is 0 Å². The molecule has 0 heterocycles. The summed E-state index contributed by atoms with van der Waals surface area (Å²) in [7, 11) is 0. The predicted octanol–water partition coefficient (Wildman–Crippen LogP) is 4.09. The average Bonchev–Trinajstić information content (AvgIpc) is 2.83. The maximum atomic E-state index is 3.59. The van der Waals surface area contributed by atoms with Crippen molar-refractivity contribution < 1.29 is 0 Å². The molecule has 1 aliphatic carbocycles. The Labute approximate surface area is 106 Å². The van der Waals surface area contributed by atoms with Crippen LogP contribution in [0.5, 0.6) is 0 Å². The Morgan fingerprint density at radius 1 is 1.12 bits per heavy atom. The van der Waals surface area contributed by atoms with Gasteiger partial charge in [0.25, 0.3) is 0 Å². The number of hydrogen-bond acceptors (Lipinski definition) is 1. The molecule has 1 fully saturated rings. The van der Waals surface area contributed by atoms with Crippen LogP contribution in [0.3, 0.4) is 0 Å². The van der Waals surface area contributed by atoms with E-state index in [2.05, 4.69) is 43.4 Å². The number of rotatable bonds is 5. The summed E-state index contributed by atoms with van der Waals surface area (Å²) < 4.78 is 0. The summed E-state index contributed by atoms with van der Waals surface area (Å²) in [6.07, 6.45) is 5.74. The highest BCUT2D eigenvalue weighted by molar-refractivity contribution is 5.24. The van der Waals surface area contributed by atoms with Crippen LogP contribution in [0.2, 0.25) is 0 Å².